The maximum absolute atomic E-state index is 11.6. The van der Waals surface area contributed by atoms with Crippen LogP contribution in [-0.4, -0.2) is 9.38 Å². The fourth-order valence-electron chi connectivity index (χ4n) is 1.52. The molecule has 0 unspecified atom stereocenters. The number of hydrogen-bond donors (Lipinski definition) is 0. The van der Waals surface area contributed by atoms with E-state index in [-0.39, 0.29) is 5.56 Å². The molecule has 0 saturated heterocycles. The SMILES string of the molecule is O=c1ccsc2nc3ccccc3n12. The molecule has 1 aromatic carbocycles. The lowest BCUT2D eigenvalue weighted by atomic mass is 10.3. The average molecular weight is 202 g/mol. The van der Waals surface area contributed by atoms with Crippen molar-refractivity contribution in [3.05, 3.63) is 46.1 Å². The van der Waals surface area contributed by atoms with E-state index >= 15 is 0 Å². The summed E-state index contributed by atoms with van der Waals surface area (Å²) in [6.07, 6.45) is 0. The zero-order valence-corrected chi connectivity index (χ0v) is 7.99. The summed E-state index contributed by atoms with van der Waals surface area (Å²) >= 11 is 1.47. The molecule has 4 heteroatoms. The molecule has 0 saturated carbocycles. The summed E-state index contributed by atoms with van der Waals surface area (Å²) < 4.78 is 1.64. The summed E-state index contributed by atoms with van der Waals surface area (Å²) in [5.74, 6) is 0. The summed E-state index contributed by atoms with van der Waals surface area (Å²) in [4.78, 5) is 16.7. The van der Waals surface area contributed by atoms with Gasteiger partial charge in [0.05, 0.1) is 11.0 Å². The van der Waals surface area contributed by atoms with Gasteiger partial charge in [-0.25, -0.2) is 4.98 Å². The Morgan fingerprint density at radius 3 is 3.00 bits per heavy atom. The molecule has 0 aliphatic heterocycles. The van der Waals surface area contributed by atoms with E-state index in [1.807, 2.05) is 24.3 Å². The number of hydrogen-bond acceptors (Lipinski definition) is 3. The third-order valence-electron chi connectivity index (χ3n) is 2.13. The number of rotatable bonds is 0. The third-order valence-corrected chi connectivity index (χ3v) is 2.89. The van der Waals surface area contributed by atoms with Crippen LogP contribution in [0.2, 0.25) is 0 Å². The van der Waals surface area contributed by atoms with Crippen molar-refractivity contribution in [2.45, 2.75) is 0 Å². The molecule has 0 bridgehead atoms. The van der Waals surface area contributed by atoms with E-state index in [0.717, 1.165) is 16.0 Å². The first kappa shape index (κ1) is 7.70. The quantitative estimate of drug-likeness (QED) is 0.558. The zero-order chi connectivity index (χ0) is 9.54. The highest BCUT2D eigenvalue weighted by atomic mass is 32.1. The van der Waals surface area contributed by atoms with Gasteiger partial charge in [-0.2, -0.15) is 0 Å². The van der Waals surface area contributed by atoms with Crippen molar-refractivity contribution in [2.75, 3.05) is 0 Å². The largest absolute Gasteiger partial charge is 0.269 e. The number of para-hydroxylation sites is 2. The van der Waals surface area contributed by atoms with Gasteiger partial charge in [0.1, 0.15) is 0 Å². The predicted molar refractivity (Wildman–Crippen MR) is 56.8 cm³/mol. The van der Waals surface area contributed by atoms with Crippen LogP contribution in [0.5, 0.6) is 0 Å². The van der Waals surface area contributed by atoms with Crippen LogP contribution < -0.4 is 5.56 Å². The van der Waals surface area contributed by atoms with Crippen LogP contribution >= 0.6 is 11.3 Å². The second kappa shape index (κ2) is 2.65. The first-order valence-electron chi connectivity index (χ1n) is 4.21. The molecule has 2 aromatic heterocycles. The minimum atomic E-state index is -0.0209. The van der Waals surface area contributed by atoms with E-state index in [0.29, 0.717) is 0 Å². The molecule has 0 amide bonds. The van der Waals surface area contributed by atoms with Gasteiger partial charge >= 0.3 is 0 Å². The Morgan fingerprint density at radius 2 is 2.07 bits per heavy atom. The normalized spacial score (nSPS) is 11.1. The Bertz CT molecular complexity index is 668. The van der Waals surface area contributed by atoms with Crippen LogP contribution in [0.25, 0.3) is 16.0 Å². The summed E-state index contributed by atoms with van der Waals surface area (Å²) in [6, 6.07) is 9.21. The highest BCUT2D eigenvalue weighted by Crippen LogP contribution is 2.15. The number of fused-ring (bicyclic) bond motifs is 3. The molecule has 3 nitrogen and oxygen atoms in total. The summed E-state index contributed by atoms with van der Waals surface area (Å²) in [6.45, 7) is 0. The van der Waals surface area contributed by atoms with Crippen molar-refractivity contribution in [3.63, 3.8) is 0 Å². The molecular weight excluding hydrogens is 196 g/mol. The Labute approximate surface area is 83.3 Å². The number of nitrogens with zero attached hydrogens (tertiary/aromatic N) is 2. The molecule has 0 radical (unpaired) electrons. The van der Waals surface area contributed by atoms with Crippen LogP contribution in [0, 0.1) is 0 Å². The summed E-state index contributed by atoms with van der Waals surface area (Å²) in [5, 5.41) is 1.77. The van der Waals surface area contributed by atoms with Crippen molar-refractivity contribution in [1.82, 2.24) is 9.38 Å². The van der Waals surface area contributed by atoms with E-state index in [2.05, 4.69) is 4.98 Å². The first-order valence-corrected chi connectivity index (χ1v) is 5.09. The summed E-state index contributed by atoms with van der Waals surface area (Å²) in [7, 11) is 0. The van der Waals surface area contributed by atoms with Crippen LogP contribution in [0.4, 0.5) is 0 Å². The lowest BCUT2D eigenvalue weighted by molar-refractivity contribution is 1.18. The Morgan fingerprint density at radius 1 is 1.21 bits per heavy atom. The van der Waals surface area contributed by atoms with Crippen molar-refractivity contribution in [1.29, 1.82) is 0 Å². The maximum Gasteiger partial charge on any atom is 0.258 e. The first-order chi connectivity index (χ1) is 6.86. The van der Waals surface area contributed by atoms with Crippen molar-refractivity contribution >= 4 is 27.3 Å². The van der Waals surface area contributed by atoms with E-state index < -0.39 is 0 Å². The molecule has 3 aromatic rings. The fraction of sp³-hybridized carbons (Fsp3) is 0. The molecule has 0 fully saturated rings. The number of imidazole rings is 1. The maximum atomic E-state index is 11.6. The smallest absolute Gasteiger partial charge is 0.258 e. The van der Waals surface area contributed by atoms with E-state index in [9.17, 15) is 4.79 Å². The molecule has 68 valence electrons. The lowest BCUT2D eigenvalue weighted by Crippen LogP contribution is -2.08. The molecule has 2 heterocycles. The molecule has 0 aliphatic carbocycles. The third kappa shape index (κ3) is 0.914. The van der Waals surface area contributed by atoms with Crippen molar-refractivity contribution in [2.24, 2.45) is 0 Å². The highest BCUT2D eigenvalue weighted by molar-refractivity contribution is 7.14. The van der Waals surface area contributed by atoms with Gasteiger partial charge in [0, 0.05) is 6.07 Å². The van der Waals surface area contributed by atoms with E-state index in [4.69, 9.17) is 0 Å². The second-order valence-electron chi connectivity index (χ2n) is 2.98. The van der Waals surface area contributed by atoms with Gasteiger partial charge in [-0.1, -0.05) is 12.1 Å². The molecule has 0 atom stereocenters. The van der Waals surface area contributed by atoms with Gasteiger partial charge in [-0.3, -0.25) is 9.20 Å². The molecule has 0 spiro atoms. The Balaban J connectivity index is 2.73. The fourth-order valence-corrected chi connectivity index (χ4v) is 2.27. The second-order valence-corrected chi connectivity index (χ2v) is 3.85. The van der Waals surface area contributed by atoms with Crippen LogP contribution in [0.3, 0.4) is 0 Å². The van der Waals surface area contributed by atoms with Gasteiger partial charge in [-0.05, 0) is 17.5 Å². The summed E-state index contributed by atoms with van der Waals surface area (Å²) in [5.41, 5.74) is 1.73. The average Bonchev–Trinajstić information content (AvgIpc) is 2.57. The lowest BCUT2D eigenvalue weighted by Gasteiger charge is -1.90. The van der Waals surface area contributed by atoms with Gasteiger partial charge in [0.15, 0.2) is 4.96 Å². The molecule has 0 aliphatic rings. The Hall–Kier alpha value is -1.68. The molecule has 0 N–H and O–H groups in total. The molecule has 3 rings (SSSR count). The zero-order valence-electron chi connectivity index (χ0n) is 7.18. The van der Waals surface area contributed by atoms with E-state index in [1.165, 1.54) is 11.3 Å². The van der Waals surface area contributed by atoms with Gasteiger partial charge in [-0.15, -0.1) is 11.3 Å². The molecular formula is C10H6N2OS. The molecule has 14 heavy (non-hydrogen) atoms. The number of benzene rings is 1. The van der Waals surface area contributed by atoms with Crippen LogP contribution in [-0.2, 0) is 0 Å². The monoisotopic (exact) mass is 202 g/mol. The van der Waals surface area contributed by atoms with Gasteiger partial charge < -0.3 is 0 Å². The van der Waals surface area contributed by atoms with Crippen LogP contribution in [0.1, 0.15) is 0 Å². The van der Waals surface area contributed by atoms with Gasteiger partial charge in [0.25, 0.3) is 5.56 Å². The van der Waals surface area contributed by atoms with E-state index in [1.54, 1.807) is 15.8 Å². The topological polar surface area (TPSA) is 34.4 Å². The minimum absolute atomic E-state index is 0.0209. The minimum Gasteiger partial charge on any atom is -0.269 e. The van der Waals surface area contributed by atoms with Crippen LogP contribution in [0.15, 0.2) is 40.5 Å². The number of aromatic nitrogens is 2. The van der Waals surface area contributed by atoms with Gasteiger partial charge in [0.2, 0.25) is 0 Å². The highest BCUT2D eigenvalue weighted by Gasteiger charge is 2.04. The van der Waals surface area contributed by atoms with Crippen molar-refractivity contribution < 1.29 is 0 Å². The standard InChI is InChI=1S/C10H6N2OS/c13-9-5-6-14-10-11-7-3-1-2-4-8(7)12(9)10/h1-6H. The predicted octanol–water partition coefficient (Wildman–Crippen LogP) is 1.91. The van der Waals surface area contributed by atoms with Crippen molar-refractivity contribution in [3.8, 4) is 0 Å². The Kier molecular flexibility index (Phi) is 1.46.